The molecule has 0 amide bonds. The molecule has 0 aromatic heterocycles. The van der Waals surface area contributed by atoms with E-state index in [1.165, 1.54) is 12.1 Å². The minimum Gasteiger partial charge on any atom is -0.354 e. The Morgan fingerprint density at radius 1 is 1.33 bits per heavy atom. The van der Waals surface area contributed by atoms with Crippen LogP contribution in [0.3, 0.4) is 0 Å². The van der Waals surface area contributed by atoms with Gasteiger partial charge < -0.3 is 15.5 Å². The first-order valence-electron chi connectivity index (χ1n) is 8.44. The highest BCUT2D eigenvalue weighted by Crippen LogP contribution is 2.13. The number of guanidine groups is 1. The highest BCUT2D eigenvalue weighted by Gasteiger charge is 2.21. The largest absolute Gasteiger partial charge is 0.354 e. The van der Waals surface area contributed by atoms with Gasteiger partial charge in [0.2, 0.25) is 0 Å². The summed E-state index contributed by atoms with van der Waals surface area (Å²) in [6.45, 7) is 7.27. The third-order valence-electron chi connectivity index (χ3n) is 4.43. The quantitative estimate of drug-likeness (QED) is 0.373. The van der Waals surface area contributed by atoms with Gasteiger partial charge in [-0.1, -0.05) is 12.1 Å². The van der Waals surface area contributed by atoms with E-state index in [-0.39, 0.29) is 10.6 Å². The number of aliphatic imine (C=N–C) groups is 1. The standard InChI is InChI=1S/C17H27N5O2/c1-13(2)21-10-8-15(9-11-21)20-17(18-3)19-12-14-4-6-16(7-5-14)22(23)24/h4-7,13,15H,8-12H2,1-3H3,(H2,18,19,20). The van der Waals surface area contributed by atoms with Crippen molar-refractivity contribution in [2.24, 2.45) is 4.99 Å². The maximum atomic E-state index is 10.7. The number of nitrogens with one attached hydrogen (secondary N) is 2. The SMILES string of the molecule is CN=C(NCc1ccc([N+](=O)[O-])cc1)NC1CCN(C(C)C)CC1. The number of hydrogen-bond donors (Lipinski definition) is 2. The van der Waals surface area contributed by atoms with Crippen molar-refractivity contribution in [1.29, 1.82) is 0 Å². The first-order chi connectivity index (χ1) is 11.5. The number of rotatable bonds is 5. The summed E-state index contributed by atoms with van der Waals surface area (Å²) in [5, 5.41) is 17.4. The zero-order valence-electron chi connectivity index (χ0n) is 14.7. The summed E-state index contributed by atoms with van der Waals surface area (Å²) in [7, 11) is 1.76. The second kappa shape index (κ2) is 8.63. The Kier molecular flexibility index (Phi) is 6.54. The smallest absolute Gasteiger partial charge is 0.269 e. The summed E-state index contributed by atoms with van der Waals surface area (Å²) in [6, 6.07) is 7.61. The first kappa shape index (κ1) is 18.2. The Morgan fingerprint density at radius 3 is 2.46 bits per heavy atom. The Balaban J connectivity index is 1.79. The minimum absolute atomic E-state index is 0.109. The summed E-state index contributed by atoms with van der Waals surface area (Å²) in [4.78, 5) is 17.0. The normalized spacial score (nSPS) is 17.1. The predicted octanol–water partition coefficient (Wildman–Crippen LogP) is 2.13. The molecule has 1 aliphatic rings. The lowest BCUT2D eigenvalue weighted by Crippen LogP contribution is -2.49. The maximum Gasteiger partial charge on any atom is 0.269 e. The molecular weight excluding hydrogens is 306 g/mol. The molecule has 2 N–H and O–H groups in total. The van der Waals surface area contributed by atoms with Crippen molar-refractivity contribution >= 4 is 11.6 Å². The van der Waals surface area contributed by atoms with Crippen LogP contribution in [0.4, 0.5) is 5.69 Å². The van der Waals surface area contributed by atoms with Crippen molar-refractivity contribution in [2.45, 2.75) is 45.3 Å². The fraction of sp³-hybridized carbons (Fsp3) is 0.588. The van der Waals surface area contributed by atoms with Gasteiger partial charge in [0.25, 0.3) is 5.69 Å². The van der Waals surface area contributed by atoms with Gasteiger partial charge in [-0.05, 0) is 32.3 Å². The second-order valence-corrected chi connectivity index (χ2v) is 6.40. The van der Waals surface area contributed by atoms with E-state index in [2.05, 4.69) is 34.4 Å². The molecule has 0 spiro atoms. The molecule has 7 heteroatoms. The number of nitro benzene ring substituents is 1. The number of piperidine rings is 1. The van der Waals surface area contributed by atoms with E-state index in [1.807, 2.05) is 0 Å². The fourth-order valence-electron chi connectivity index (χ4n) is 2.87. The number of hydrogen-bond acceptors (Lipinski definition) is 4. The monoisotopic (exact) mass is 333 g/mol. The lowest BCUT2D eigenvalue weighted by molar-refractivity contribution is -0.384. The van der Waals surface area contributed by atoms with Crippen LogP contribution in [0.25, 0.3) is 0 Å². The van der Waals surface area contributed by atoms with Gasteiger partial charge >= 0.3 is 0 Å². The number of benzene rings is 1. The summed E-state index contributed by atoms with van der Waals surface area (Å²) in [5.74, 6) is 0.774. The van der Waals surface area contributed by atoms with E-state index in [0.29, 0.717) is 18.6 Å². The van der Waals surface area contributed by atoms with Crippen molar-refractivity contribution in [2.75, 3.05) is 20.1 Å². The minimum atomic E-state index is -0.388. The van der Waals surface area contributed by atoms with Crippen LogP contribution in [0.15, 0.2) is 29.3 Å². The summed E-state index contributed by atoms with van der Waals surface area (Å²) in [5.41, 5.74) is 1.09. The van der Waals surface area contributed by atoms with Gasteiger partial charge in [-0.2, -0.15) is 0 Å². The molecule has 1 heterocycles. The van der Waals surface area contributed by atoms with E-state index < -0.39 is 0 Å². The predicted molar refractivity (Wildman–Crippen MR) is 96.2 cm³/mol. The van der Waals surface area contributed by atoms with Crippen LogP contribution in [0.1, 0.15) is 32.3 Å². The Labute approximate surface area is 143 Å². The molecule has 2 rings (SSSR count). The van der Waals surface area contributed by atoms with E-state index in [0.717, 1.165) is 37.5 Å². The molecule has 0 saturated carbocycles. The molecule has 1 saturated heterocycles. The van der Waals surface area contributed by atoms with Crippen molar-refractivity contribution < 1.29 is 4.92 Å². The average molecular weight is 333 g/mol. The topological polar surface area (TPSA) is 82.8 Å². The molecule has 132 valence electrons. The number of nitro groups is 1. The molecule has 1 aromatic carbocycles. The lowest BCUT2D eigenvalue weighted by Gasteiger charge is -2.35. The van der Waals surface area contributed by atoms with Crippen LogP contribution < -0.4 is 10.6 Å². The van der Waals surface area contributed by atoms with Gasteiger partial charge in [-0.3, -0.25) is 15.1 Å². The lowest BCUT2D eigenvalue weighted by atomic mass is 10.0. The molecule has 24 heavy (non-hydrogen) atoms. The molecule has 1 fully saturated rings. The Bertz CT molecular complexity index is 563. The van der Waals surface area contributed by atoms with E-state index >= 15 is 0 Å². The second-order valence-electron chi connectivity index (χ2n) is 6.40. The molecule has 0 radical (unpaired) electrons. The average Bonchev–Trinajstić information content (AvgIpc) is 2.59. The number of likely N-dealkylation sites (tertiary alicyclic amines) is 1. The van der Waals surface area contributed by atoms with E-state index in [9.17, 15) is 10.1 Å². The van der Waals surface area contributed by atoms with Crippen molar-refractivity contribution in [3.63, 3.8) is 0 Å². The van der Waals surface area contributed by atoms with Crippen LogP contribution in [0.2, 0.25) is 0 Å². The van der Waals surface area contributed by atoms with Crippen LogP contribution in [-0.4, -0.2) is 48.0 Å². The molecule has 7 nitrogen and oxygen atoms in total. The molecule has 0 atom stereocenters. The van der Waals surface area contributed by atoms with Crippen LogP contribution >= 0.6 is 0 Å². The van der Waals surface area contributed by atoms with Gasteiger partial charge in [0.1, 0.15) is 0 Å². The molecular formula is C17H27N5O2. The van der Waals surface area contributed by atoms with Crippen LogP contribution in [0.5, 0.6) is 0 Å². The zero-order chi connectivity index (χ0) is 17.5. The van der Waals surface area contributed by atoms with Gasteiger partial charge in [-0.25, -0.2) is 0 Å². The summed E-state index contributed by atoms with van der Waals surface area (Å²) >= 11 is 0. The van der Waals surface area contributed by atoms with E-state index in [4.69, 9.17) is 0 Å². The van der Waals surface area contributed by atoms with E-state index in [1.54, 1.807) is 19.2 Å². The summed E-state index contributed by atoms with van der Waals surface area (Å²) < 4.78 is 0. The van der Waals surface area contributed by atoms with Crippen molar-refractivity contribution in [1.82, 2.24) is 15.5 Å². The van der Waals surface area contributed by atoms with Crippen molar-refractivity contribution in [3.8, 4) is 0 Å². The molecule has 1 aromatic rings. The highest BCUT2D eigenvalue weighted by atomic mass is 16.6. The third-order valence-corrected chi connectivity index (χ3v) is 4.43. The molecule has 0 unspecified atom stereocenters. The summed E-state index contributed by atoms with van der Waals surface area (Å²) in [6.07, 6.45) is 2.22. The first-order valence-corrected chi connectivity index (χ1v) is 8.44. The Morgan fingerprint density at radius 2 is 1.96 bits per heavy atom. The Hall–Kier alpha value is -2.15. The van der Waals surface area contributed by atoms with Gasteiger partial charge in [0, 0.05) is 50.9 Å². The zero-order valence-corrected chi connectivity index (χ0v) is 14.7. The molecule has 1 aliphatic heterocycles. The van der Waals surface area contributed by atoms with Crippen molar-refractivity contribution in [3.05, 3.63) is 39.9 Å². The van der Waals surface area contributed by atoms with Gasteiger partial charge in [0.05, 0.1) is 4.92 Å². The van der Waals surface area contributed by atoms with Gasteiger partial charge in [0.15, 0.2) is 5.96 Å². The highest BCUT2D eigenvalue weighted by molar-refractivity contribution is 5.79. The molecule has 0 aliphatic carbocycles. The fourth-order valence-corrected chi connectivity index (χ4v) is 2.87. The van der Waals surface area contributed by atoms with Crippen LogP contribution in [0, 0.1) is 10.1 Å². The number of non-ortho nitro benzene ring substituents is 1. The number of nitrogens with zero attached hydrogens (tertiary/aromatic N) is 3. The molecule has 0 bridgehead atoms. The maximum absolute atomic E-state index is 10.7. The third kappa shape index (κ3) is 5.19. The van der Waals surface area contributed by atoms with Gasteiger partial charge in [-0.15, -0.1) is 0 Å². The van der Waals surface area contributed by atoms with Crippen LogP contribution in [-0.2, 0) is 6.54 Å².